The molecule has 6 heteroatoms. The maximum Gasteiger partial charge on any atom is 2.00 e. The average molecular weight is 576 g/mol. The van der Waals surface area contributed by atoms with E-state index in [0.29, 0.717) is 13.1 Å². The second-order valence-corrected chi connectivity index (χ2v) is 12.9. The van der Waals surface area contributed by atoms with E-state index < -0.39 is 0 Å². The van der Waals surface area contributed by atoms with Gasteiger partial charge < -0.3 is 19.8 Å². The van der Waals surface area contributed by atoms with Gasteiger partial charge in [-0.25, -0.2) is 0 Å². The summed E-state index contributed by atoms with van der Waals surface area (Å²) in [6.07, 6.45) is 2.56. The monoisotopic (exact) mass is 574 g/mol. The first-order valence-corrected chi connectivity index (χ1v) is 13.7. The van der Waals surface area contributed by atoms with Crippen LogP contribution < -0.4 is 10.2 Å². The molecular weight excluding hydrogens is 526 g/mol. The molecular formula is C32H50N2O3Zn. The molecule has 0 atom stereocenters. The summed E-state index contributed by atoms with van der Waals surface area (Å²) in [6, 6.07) is 8.05. The van der Waals surface area contributed by atoms with Crippen molar-refractivity contribution in [3.8, 4) is 11.5 Å². The first-order chi connectivity index (χ1) is 17.1. The van der Waals surface area contributed by atoms with Gasteiger partial charge in [-0.2, -0.15) is 0 Å². The smallest absolute Gasteiger partial charge is 0.872 e. The molecule has 0 spiro atoms. The molecule has 0 bridgehead atoms. The van der Waals surface area contributed by atoms with E-state index in [2.05, 4.69) is 51.3 Å². The molecule has 0 aliphatic carbocycles. The van der Waals surface area contributed by atoms with Gasteiger partial charge >= 0.3 is 19.5 Å². The number of hydrogen-bond donors (Lipinski definition) is 0. The molecule has 3 rings (SSSR count). The SMILES string of the molecule is C1CCOC1.Cc1cc(CN(CCN(C)C)Cc2cc(C)cc(C(C)(C)C)c2[O-])c([O-])c(C(C)(C)C)c1.[Zn+2]. The molecule has 38 heavy (non-hydrogen) atoms. The van der Waals surface area contributed by atoms with Gasteiger partial charge in [0.1, 0.15) is 0 Å². The van der Waals surface area contributed by atoms with Crippen LogP contribution in [0.4, 0.5) is 0 Å². The molecule has 208 valence electrons. The molecule has 0 N–H and O–H groups in total. The molecule has 0 amide bonds. The third-order valence-corrected chi connectivity index (χ3v) is 6.72. The molecule has 1 saturated heterocycles. The number of benzene rings is 2. The van der Waals surface area contributed by atoms with E-state index in [4.69, 9.17) is 4.74 Å². The second-order valence-electron chi connectivity index (χ2n) is 12.9. The minimum Gasteiger partial charge on any atom is -0.872 e. The standard InChI is InChI=1S/C28H44N2O2.C4H8O.Zn/c1-19-13-21(25(31)23(15-19)27(3,4)5)17-30(12-11-29(9)10)18-22-14-20(2)16-24(26(22)32)28(6,7)8;1-2-4-5-3-1;/h13-16,31-32H,11-12,17-18H2,1-10H3;1-4H2;/q;;+2/p-2. The maximum atomic E-state index is 13.3. The van der Waals surface area contributed by atoms with Gasteiger partial charge in [-0.3, -0.25) is 4.90 Å². The van der Waals surface area contributed by atoms with Crippen LogP contribution in [0, 0.1) is 13.8 Å². The van der Waals surface area contributed by atoms with Crippen LogP contribution in [0.25, 0.3) is 0 Å². The van der Waals surface area contributed by atoms with Gasteiger partial charge in [0.25, 0.3) is 0 Å². The number of likely N-dealkylation sites (N-methyl/N-ethyl adjacent to an activating group) is 1. The van der Waals surface area contributed by atoms with Crippen molar-refractivity contribution in [2.45, 2.75) is 92.2 Å². The Morgan fingerprint density at radius 2 is 1.11 bits per heavy atom. The van der Waals surface area contributed by atoms with Crippen molar-refractivity contribution in [1.29, 1.82) is 0 Å². The number of nitrogens with zero attached hydrogens (tertiary/aromatic N) is 2. The second kappa shape index (κ2) is 14.8. The zero-order valence-electron chi connectivity index (χ0n) is 25.8. The Bertz CT molecular complexity index is 940. The van der Waals surface area contributed by atoms with E-state index >= 15 is 0 Å². The number of rotatable bonds is 7. The summed E-state index contributed by atoms with van der Waals surface area (Å²) >= 11 is 0. The minimum absolute atomic E-state index is 0. The van der Waals surface area contributed by atoms with Gasteiger partial charge in [-0.1, -0.05) is 76.9 Å². The first kappa shape index (κ1) is 34.6. The van der Waals surface area contributed by atoms with Gasteiger partial charge in [-0.05, 0) is 73.9 Å². The van der Waals surface area contributed by atoms with E-state index in [1.807, 2.05) is 52.2 Å². The minimum atomic E-state index is -0.202. The predicted molar refractivity (Wildman–Crippen MR) is 151 cm³/mol. The molecule has 1 aliphatic heterocycles. The van der Waals surface area contributed by atoms with Crippen LogP contribution >= 0.6 is 0 Å². The van der Waals surface area contributed by atoms with Crippen LogP contribution in [-0.2, 0) is 48.1 Å². The van der Waals surface area contributed by atoms with Crippen LogP contribution in [0.3, 0.4) is 0 Å². The summed E-state index contributed by atoms with van der Waals surface area (Å²) in [5.74, 6) is 0.250. The number of ether oxygens (including phenoxy) is 1. The number of hydrogen-bond acceptors (Lipinski definition) is 5. The van der Waals surface area contributed by atoms with E-state index in [-0.39, 0.29) is 41.8 Å². The van der Waals surface area contributed by atoms with Crippen LogP contribution in [0.1, 0.15) is 87.8 Å². The number of aryl methyl sites for hydroxylation is 2. The molecule has 0 saturated carbocycles. The van der Waals surface area contributed by atoms with Crippen molar-refractivity contribution in [3.05, 3.63) is 57.6 Å². The Morgan fingerprint density at radius 1 is 0.711 bits per heavy atom. The molecule has 5 nitrogen and oxygen atoms in total. The van der Waals surface area contributed by atoms with Gasteiger partial charge in [-0.15, -0.1) is 11.5 Å². The summed E-state index contributed by atoms with van der Waals surface area (Å²) in [7, 11) is 4.09. The van der Waals surface area contributed by atoms with Crippen molar-refractivity contribution in [2.24, 2.45) is 0 Å². The van der Waals surface area contributed by atoms with Crippen LogP contribution in [-0.4, -0.2) is 50.2 Å². The topological polar surface area (TPSA) is 61.8 Å². The maximum absolute atomic E-state index is 13.3. The van der Waals surface area contributed by atoms with Gasteiger partial charge in [0, 0.05) is 39.4 Å². The molecule has 2 aromatic rings. The van der Waals surface area contributed by atoms with Gasteiger partial charge in [0.05, 0.1) is 0 Å². The van der Waals surface area contributed by atoms with Crippen molar-refractivity contribution in [1.82, 2.24) is 9.80 Å². The van der Waals surface area contributed by atoms with Crippen molar-refractivity contribution in [3.63, 3.8) is 0 Å². The van der Waals surface area contributed by atoms with Crippen molar-refractivity contribution < 1.29 is 34.4 Å². The van der Waals surface area contributed by atoms with Crippen molar-refractivity contribution in [2.75, 3.05) is 40.4 Å². The molecule has 1 aliphatic rings. The molecule has 1 heterocycles. The first-order valence-electron chi connectivity index (χ1n) is 13.7. The summed E-state index contributed by atoms with van der Waals surface area (Å²) in [4.78, 5) is 4.38. The normalized spacial score (nSPS) is 13.9. The van der Waals surface area contributed by atoms with E-state index in [1.165, 1.54) is 12.8 Å². The van der Waals surface area contributed by atoms with Crippen LogP contribution in [0.2, 0.25) is 0 Å². The van der Waals surface area contributed by atoms with E-state index in [0.717, 1.165) is 59.7 Å². The van der Waals surface area contributed by atoms with Gasteiger partial charge in [0.15, 0.2) is 0 Å². The largest absolute Gasteiger partial charge is 2.00 e. The van der Waals surface area contributed by atoms with Crippen LogP contribution in [0.15, 0.2) is 24.3 Å². The Balaban J connectivity index is 0.00000107. The average Bonchev–Trinajstić information content (AvgIpc) is 3.35. The van der Waals surface area contributed by atoms with E-state index in [9.17, 15) is 10.2 Å². The third-order valence-electron chi connectivity index (χ3n) is 6.72. The summed E-state index contributed by atoms with van der Waals surface area (Å²) < 4.78 is 4.94. The predicted octanol–water partition coefficient (Wildman–Crippen LogP) is 5.40. The van der Waals surface area contributed by atoms with Crippen molar-refractivity contribution >= 4 is 0 Å². The molecule has 0 aromatic heterocycles. The summed E-state index contributed by atoms with van der Waals surface area (Å²) in [5.41, 5.74) is 5.14. The Hall–Kier alpha value is -1.46. The molecule has 0 radical (unpaired) electrons. The molecule has 2 aromatic carbocycles. The fraction of sp³-hybridized carbons (Fsp3) is 0.625. The Morgan fingerprint density at radius 3 is 1.39 bits per heavy atom. The fourth-order valence-electron chi connectivity index (χ4n) is 4.59. The Kier molecular flexibility index (Phi) is 13.5. The van der Waals surface area contributed by atoms with Crippen LogP contribution in [0.5, 0.6) is 11.5 Å². The van der Waals surface area contributed by atoms with Gasteiger partial charge in [0.2, 0.25) is 0 Å². The third kappa shape index (κ3) is 10.6. The fourth-order valence-corrected chi connectivity index (χ4v) is 4.59. The zero-order valence-corrected chi connectivity index (χ0v) is 28.8. The quantitative estimate of drug-likeness (QED) is 0.414. The summed E-state index contributed by atoms with van der Waals surface area (Å²) in [6.45, 7) is 21.3. The van der Waals surface area contributed by atoms with E-state index in [1.54, 1.807) is 0 Å². The molecule has 1 fully saturated rings. The summed E-state index contributed by atoms with van der Waals surface area (Å²) in [5, 5.41) is 26.6. The molecule has 0 unspecified atom stereocenters. The zero-order chi connectivity index (χ0) is 28.0. The Labute approximate surface area is 245 Å².